The van der Waals surface area contributed by atoms with Crippen molar-refractivity contribution in [3.8, 4) is 5.75 Å². The lowest BCUT2D eigenvalue weighted by Gasteiger charge is -2.35. The second-order valence-electron chi connectivity index (χ2n) is 10.3. The predicted molar refractivity (Wildman–Crippen MR) is 132 cm³/mol. The van der Waals surface area contributed by atoms with E-state index in [1.54, 1.807) is 0 Å². The van der Waals surface area contributed by atoms with E-state index in [2.05, 4.69) is 47.4 Å². The van der Waals surface area contributed by atoms with Crippen LogP contribution in [0.25, 0.3) is 0 Å². The van der Waals surface area contributed by atoms with E-state index in [1.807, 2.05) is 25.7 Å². The summed E-state index contributed by atoms with van der Waals surface area (Å²) in [5.41, 5.74) is 5.12. The third-order valence-corrected chi connectivity index (χ3v) is 6.43. The van der Waals surface area contributed by atoms with Crippen molar-refractivity contribution in [2.75, 3.05) is 32.8 Å². The van der Waals surface area contributed by atoms with Gasteiger partial charge in [-0.25, -0.2) is 4.79 Å². The van der Waals surface area contributed by atoms with Crippen LogP contribution in [0.2, 0.25) is 0 Å². The molecule has 0 spiro atoms. The average Bonchev–Trinajstić information content (AvgIpc) is 2.79. The molecule has 1 heterocycles. The molecular formula is C28H38N2O3. The van der Waals surface area contributed by atoms with Gasteiger partial charge in [0.15, 0.2) is 0 Å². The molecule has 178 valence electrons. The van der Waals surface area contributed by atoms with Gasteiger partial charge in [-0.1, -0.05) is 30.3 Å². The lowest BCUT2D eigenvalue weighted by Crippen LogP contribution is -2.49. The van der Waals surface area contributed by atoms with Gasteiger partial charge in [-0.15, -0.1) is 0 Å². The van der Waals surface area contributed by atoms with E-state index in [4.69, 9.17) is 9.47 Å². The summed E-state index contributed by atoms with van der Waals surface area (Å²) in [6.07, 6.45) is 5.70. The van der Waals surface area contributed by atoms with Crippen molar-refractivity contribution in [3.63, 3.8) is 0 Å². The number of carbonyl (C=O) groups excluding carboxylic acids is 1. The van der Waals surface area contributed by atoms with Crippen molar-refractivity contribution in [1.82, 2.24) is 9.80 Å². The smallest absolute Gasteiger partial charge is 0.410 e. The van der Waals surface area contributed by atoms with E-state index in [0.717, 1.165) is 31.8 Å². The maximum Gasteiger partial charge on any atom is 0.410 e. The van der Waals surface area contributed by atoms with Crippen LogP contribution in [0.5, 0.6) is 5.75 Å². The van der Waals surface area contributed by atoms with Crippen molar-refractivity contribution >= 4 is 6.09 Å². The number of hydrogen-bond acceptors (Lipinski definition) is 4. The molecule has 2 aromatic rings. The molecule has 0 N–H and O–H groups in total. The van der Waals surface area contributed by atoms with Gasteiger partial charge < -0.3 is 14.4 Å². The van der Waals surface area contributed by atoms with Crippen LogP contribution < -0.4 is 4.74 Å². The number of fused-ring (bicyclic) bond motifs is 1. The molecule has 2 aromatic carbocycles. The molecule has 0 unspecified atom stereocenters. The molecule has 4 rings (SSSR count). The summed E-state index contributed by atoms with van der Waals surface area (Å²) >= 11 is 0. The fourth-order valence-electron chi connectivity index (χ4n) is 4.57. The van der Waals surface area contributed by atoms with E-state index in [-0.39, 0.29) is 6.09 Å². The molecule has 0 saturated carbocycles. The summed E-state index contributed by atoms with van der Waals surface area (Å²) in [5, 5.41) is 0. The number of benzene rings is 2. The summed E-state index contributed by atoms with van der Waals surface area (Å²) < 4.78 is 11.5. The Balaban J connectivity index is 1.19. The number of nitrogens with zero attached hydrogens (tertiary/aromatic N) is 2. The van der Waals surface area contributed by atoms with Crippen LogP contribution in [-0.2, 0) is 30.5 Å². The average molecular weight is 451 g/mol. The Labute approximate surface area is 198 Å². The van der Waals surface area contributed by atoms with E-state index in [9.17, 15) is 4.79 Å². The van der Waals surface area contributed by atoms with Crippen LogP contribution >= 0.6 is 0 Å². The Morgan fingerprint density at radius 2 is 1.55 bits per heavy atom. The lowest BCUT2D eigenvalue weighted by molar-refractivity contribution is 0.0139. The zero-order chi connectivity index (χ0) is 23.3. The molecule has 0 atom stereocenters. The molecule has 1 fully saturated rings. The molecule has 0 aromatic heterocycles. The predicted octanol–water partition coefficient (Wildman–Crippen LogP) is 5.24. The number of rotatable bonds is 6. The Morgan fingerprint density at radius 3 is 2.24 bits per heavy atom. The first-order valence-corrected chi connectivity index (χ1v) is 12.4. The largest absolute Gasteiger partial charge is 0.493 e. The van der Waals surface area contributed by atoms with Crippen LogP contribution in [-0.4, -0.2) is 54.3 Å². The molecule has 1 aliphatic carbocycles. The highest BCUT2D eigenvalue weighted by Crippen LogP contribution is 2.25. The van der Waals surface area contributed by atoms with Crippen LogP contribution in [0.1, 0.15) is 55.9 Å². The van der Waals surface area contributed by atoms with Gasteiger partial charge in [0.05, 0.1) is 6.61 Å². The highest BCUT2D eigenvalue weighted by atomic mass is 16.6. The first kappa shape index (κ1) is 23.6. The molecule has 1 amide bonds. The molecule has 1 aliphatic heterocycles. The Hall–Kier alpha value is -2.53. The van der Waals surface area contributed by atoms with Crippen molar-refractivity contribution < 1.29 is 14.3 Å². The fraction of sp³-hybridized carbons (Fsp3) is 0.536. The standard InChI is InChI=1S/C28H38N2O3/c1-28(2,3)33-27(31)30-17-15-29(16-18-30)21-23-10-8-22(9-11-23)14-19-32-26-13-12-24-6-4-5-7-25(24)20-26/h8-13,20H,4-7,14-19,21H2,1-3H3. The minimum absolute atomic E-state index is 0.205. The lowest BCUT2D eigenvalue weighted by atomic mass is 9.92. The minimum Gasteiger partial charge on any atom is -0.493 e. The Kier molecular flexibility index (Phi) is 7.59. The Morgan fingerprint density at radius 1 is 0.879 bits per heavy atom. The van der Waals surface area contributed by atoms with E-state index in [0.29, 0.717) is 19.7 Å². The second kappa shape index (κ2) is 10.6. The van der Waals surface area contributed by atoms with Crippen LogP contribution in [0.15, 0.2) is 42.5 Å². The molecule has 0 radical (unpaired) electrons. The Bertz CT molecular complexity index is 925. The normalized spacial score (nSPS) is 16.9. The van der Waals surface area contributed by atoms with Crippen molar-refractivity contribution in [3.05, 3.63) is 64.7 Å². The number of carbonyl (C=O) groups is 1. The number of amides is 1. The van der Waals surface area contributed by atoms with Gasteiger partial charge in [0.2, 0.25) is 0 Å². The van der Waals surface area contributed by atoms with Gasteiger partial charge in [0, 0.05) is 39.1 Å². The van der Waals surface area contributed by atoms with Crippen molar-refractivity contribution in [2.24, 2.45) is 0 Å². The number of aryl methyl sites for hydroxylation is 2. The molecule has 33 heavy (non-hydrogen) atoms. The quantitative estimate of drug-likeness (QED) is 0.604. The van der Waals surface area contributed by atoms with Gasteiger partial charge in [-0.05, 0) is 80.8 Å². The number of hydrogen-bond donors (Lipinski definition) is 0. The summed E-state index contributed by atoms with van der Waals surface area (Å²) in [5.74, 6) is 0.998. The van der Waals surface area contributed by atoms with Gasteiger partial charge in [0.1, 0.15) is 11.4 Å². The molecule has 5 nitrogen and oxygen atoms in total. The molecular weight excluding hydrogens is 412 g/mol. The summed E-state index contributed by atoms with van der Waals surface area (Å²) in [6.45, 7) is 10.5. The SMILES string of the molecule is CC(C)(C)OC(=O)N1CCN(Cc2ccc(CCOc3ccc4c(c3)CCCC4)cc2)CC1. The van der Waals surface area contributed by atoms with E-state index < -0.39 is 5.60 Å². The van der Waals surface area contributed by atoms with E-state index in [1.165, 1.54) is 47.9 Å². The highest BCUT2D eigenvalue weighted by molar-refractivity contribution is 5.68. The topological polar surface area (TPSA) is 42.0 Å². The first-order chi connectivity index (χ1) is 15.9. The minimum atomic E-state index is -0.443. The van der Waals surface area contributed by atoms with Gasteiger partial charge in [0.25, 0.3) is 0 Å². The summed E-state index contributed by atoms with van der Waals surface area (Å²) in [6, 6.07) is 15.5. The number of ether oxygens (including phenoxy) is 2. The fourth-order valence-corrected chi connectivity index (χ4v) is 4.57. The van der Waals surface area contributed by atoms with Crippen molar-refractivity contribution in [2.45, 2.75) is 65.0 Å². The molecule has 0 bridgehead atoms. The van der Waals surface area contributed by atoms with Crippen LogP contribution in [0.4, 0.5) is 4.79 Å². The van der Waals surface area contributed by atoms with Crippen LogP contribution in [0.3, 0.4) is 0 Å². The summed E-state index contributed by atoms with van der Waals surface area (Å²) in [7, 11) is 0. The maximum atomic E-state index is 12.2. The van der Waals surface area contributed by atoms with Gasteiger partial charge in [-0.3, -0.25) is 4.90 Å². The second-order valence-corrected chi connectivity index (χ2v) is 10.3. The monoisotopic (exact) mass is 450 g/mol. The summed E-state index contributed by atoms with van der Waals surface area (Å²) in [4.78, 5) is 16.4. The highest BCUT2D eigenvalue weighted by Gasteiger charge is 2.25. The maximum absolute atomic E-state index is 12.2. The van der Waals surface area contributed by atoms with Gasteiger partial charge >= 0.3 is 6.09 Å². The number of piperazine rings is 1. The van der Waals surface area contributed by atoms with E-state index >= 15 is 0 Å². The van der Waals surface area contributed by atoms with Crippen LogP contribution in [0, 0.1) is 0 Å². The first-order valence-electron chi connectivity index (χ1n) is 12.4. The van der Waals surface area contributed by atoms with Gasteiger partial charge in [-0.2, -0.15) is 0 Å². The third-order valence-electron chi connectivity index (χ3n) is 6.43. The van der Waals surface area contributed by atoms with Crippen molar-refractivity contribution in [1.29, 1.82) is 0 Å². The zero-order valence-electron chi connectivity index (χ0n) is 20.4. The third kappa shape index (κ3) is 6.97. The zero-order valence-corrected chi connectivity index (χ0v) is 20.4. The molecule has 2 aliphatic rings. The molecule has 1 saturated heterocycles. The molecule has 5 heteroatoms.